The van der Waals surface area contributed by atoms with Gasteiger partial charge in [-0.05, 0) is 71.0 Å². The first kappa shape index (κ1) is 29.7. The van der Waals surface area contributed by atoms with Crippen molar-refractivity contribution in [3.8, 4) is 0 Å². The SMILES string of the molecule is O=C(c1ccccc1)c1ccccc1Sc1ccc(S(OS(=O)(=O)C(F)(F)F)(c2ccccc2)c2ccccc2)cc1. The molecule has 0 bridgehead atoms. The topological polar surface area (TPSA) is 60.4 Å². The molecule has 0 radical (unpaired) electrons. The van der Waals surface area contributed by atoms with Crippen molar-refractivity contribution in [2.45, 2.75) is 30.0 Å². The minimum atomic E-state index is -6.01. The molecule has 0 spiro atoms. The Morgan fingerprint density at radius 2 is 1.05 bits per heavy atom. The minimum absolute atomic E-state index is 0.141. The lowest BCUT2D eigenvalue weighted by atomic mass is 10.0. The van der Waals surface area contributed by atoms with Crippen LogP contribution < -0.4 is 0 Å². The zero-order chi connectivity index (χ0) is 29.8. The summed E-state index contributed by atoms with van der Waals surface area (Å²) in [7, 11) is -9.40. The van der Waals surface area contributed by atoms with Gasteiger partial charge in [-0.25, -0.2) is 0 Å². The maximum absolute atomic E-state index is 13.7. The molecule has 0 amide bonds. The van der Waals surface area contributed by atoms with Crippen molar-refractivity contribution in [2.24, 2.45) is 0 Å². The molecule has 10 heteroatoms. The van der Waals surface area contributed by atoms with E-state index in [1.54, 1.807) is 121 Å². The van der Waals surface area contributed by atoms with Gasteiger partial charge < -0.3 is 0 Å². The van der Waals surface area contributed by atoms with Gasteiger partial charge >= 0.3 is 15.6 Å². The molecule has 0 aliphatic carbocycles. The van der Waals surface area contributed by atoms with Crippen molar-refractivity contribution in [1.82, 2.24) is 0 Å². The van der Waals surface area contributed by atoms with Crippen LogP contribution in [0.15, 0.2) is 164 Å². The summed E-state index contributed by atoms with van der Waals surface area (Å²) in [4.78, 5) is 15.4. The Balaban J connectivity index is 1.59. The van der Waals surface area contributed by atoms with E-state index < -0.39 is 25.9 Å². The molecule has 5 rings (SSSR count). The highest BCUT2D eigenvalue weighted by atomic mass is 32.3. The predicted octanol–water partition coefficient (Wildman–Crippen LogP) is 9.13. The Kier molecular flexibility index (Phi) is 8.60. The van der Waals surface area contributed by atoms with Crippen molar-refractivity contribution in [3.63, 3.8) is 0 Å². The summed E-state index contributed by atoms with van der Waals surface area (Å²) in [6.45, 7) is 0. The number of hydrogen-bond acceptors (Lipinski definition) is 5. The molecule has 0 aromatic heterocycles. The van der Waals surface area contributed by atoms with E-state index in [-0.39, 0.29) is 20.5 Å². The Morgan fingerprint density at radius 3 is 1.57 bits per heavy atom. The van der Waals surface area contributed by atoms with Gasteiger partial charge in [-0.1, -0.05) is 90.6 Å². The molecule has 5 aromatic rings. The van der Waals surface area contributed by atoms with Crippen LogP contribution in [-0.4, -0.2) is 19.7 Å². The molecule has 0 heterocycles. The van der Waals surface area contributed by atoms with Crippen LogP contribution in [0.3, 0.4) is 0 Å². The van der Waals surface area contributed by atoms with E-state index in [4.69, 9.17) is 3.63 Å². The van der Waals surface area contributed by atoms with Crippen molar-refractivity contribution < 1.29 is 30.0 Å². The summed E-state index contributed by atoms with van der Waals surface area (Å²) in [5.41, 5.74) is -4.58. The zero-order valence-electron chi connectivity index (χ0n) is 21.8. The van der Waals surface area contributed by atoms with Crippen molar-refractivity contribution in [1.29, 1.82) is 0 Å². The van der Waals surface area contributed by atoms with Crippen LogP contribution >= 0.6 is 22.1 Å². The largest absolute Gasteiger partial charge is 0.524 e. The molecule has 0 atom stereocenters. The Bertz CT molecular complexity index is 1740. The molecule has 5 aromatic carbocycles. The van der Waals surface area contributed by atoms with Gasteiger partial charge in [-0.2, -0.15) is 25.2 Å². The Labute approximate surface area is 247 Å². The third-order valence-electron chi connectivity index (χ3n) is 6.18. The van der Waals surface area contributed by atoms with E-state index in [2.05, 4.69) is 0 Å². The van der Waals surface area contributed by atoms with E-state index >= 15 is 0 Å². The summed E-state index contributed by atoms with van der Waals surface area (Å²) in [5.74, 6) is -0.141. The quantitative estimate of drug-likeness (QED) is 0.121. The van der Waals surface area contributed by atoms with E-state index in [0.717, 1.165) is 0 Å². The third-order valence-corrected chi connectivity index (χ3v) is 12.2. The van der Waals surface area contributed by atoms with E-state index in [9.17, 15) is 26.4 Å². The van der Waals surface area contributed by atoms with Gasteiger partial charge in [0.25, 0.3) is 0 Å². The molecule has 0 saturated carbocycles. The van der Waals surface area contributed by atoms with Gasteiger partial charge in [0.05, 0.1) is 0 Å². The Hall–Kier alpha value is -3.83. The van der Waals surface area contributed by atoms with Crippen molar-refractivity contribution >= 4 is 38.0 Å². The number of halogens is 3. The van der Waals surface area contributed by atoms with Gasteiger partial charge in [0.15, 0.2) is 5.78 Å². The van der Waals surface area contributed by atoms with E-state index in [1.165, 1.54) is 11.8 Å². The van der Waals surface area contributed by atoms with Gasteiger partial charge in [0.1, 0.15) is 0 Å². The lowest BCUT2D eigenvalue weighted by Crippen LogP contribution is -2.27. The minimum Gasteiger partial charge on any atom is -0.289 e. The number of hydrogen-bond donors (Lipinski definition) is 0. The van der Waals surface area contributed by atoms with Crippen LogP contribution in [0.2, 0.25) is 0 Å². The fourth-order valence-electron chi connectivity index (χ4n) is 4.24. The fraction of sp³-hybridized carbons (Fsp3) is 0.0312. The predicted molar refractivity (Wildman–Crippen MR) is 158 cm³/mol. The van der Waals surface area contributed by atoms with Gasteiger partial charge in [0.2, 0.25) is 0 Å². The van der Waals surface area contributed by atoms with Crippen LogP contribution in [0.1, 0.15) is 15.9 Å². The molecule has 0 saturated heterocycles. The normalized spacial score (nSPS) is 12.5. The second-order valence-corrected chi connectivity index (χ2v) is 14.5. The number of carbonyl (C=O) groups excluding carboxylic acids is 1. The molecule has 0 aliphatic heterocycles. The highest BCUT2D eigenvalue weighted by Gasteiger charge is 2.52. The number of carbonyl (C=O) groups is 1. The van der Waals surface area contributed by atoms with Crippen LogP contribution in [0.25, 0.3) is 0 Å². The maximum atomic E-state index is 13.7. The molecule has 42 heavy (non-hydrogen) atoms. The molecule has 0 fully saturated rings. The Morgan fingerprint density at radius 1 is 0.595 bits per heavy atom. The van der Waals surface area contributed by atoms with Crippen LogP contribution in [0.4, 0.5) is 13.2 Å². The average Bonchev–Trinajstić information content (AvgIpc) is 3.01. The smallest absolute Gasteiger partial charge is 0.289 e. The molecular formula is C32H23F3O4S3. The van der Waals surface area contributed by atoms with Crippen LogP contribution in [0, 0.1) is 0 Å². The molecule has 214 valence electrons. The number of benzene rings is 5. The molecular weight excluding hydrogens is 602 g/mol. The average molecular weight is 625 g/mol. The summed E-state index contributed by atoms with van der Waals surface area (Å²) >= 11 is 1.31. The lowest BCUT2D eigenvalue weighted by molar-refractivity contribution is -0.0496. The summed E-state index contributed by atoms with van der Waals surface area (Å²) in [5, 5.41) is 0. The second kappa shape index (κ2) is 12.2. The molecule has 4 nitrogen and oxygen atoms in total. The number of alkyl halides is 3. The van der Waals surface area contributed by atoms with Crippen molar-refractivity contribution in [3.05, 3.63) is 151 Å². The fourth-order valence-corrected chi connectivity index (χ4v) is 9.92. The van der Waals surface area contributed by atoms with Crippen LogP contribution in [0.5, 0.6) is 0 Å². The first-order valence-electron chi connectivity index (χ1n) is 12.5. The first-order chi connectivity index (χ1) is 20.1. The molecule has 0 unspecified atom stereocenters. The van der Waals surface area contributed by atoms with E-state index in [0.29, 0.717) is 20.9 Å². The standard InChI is InChI=1S/C32H23F3O4S3/c33-32(34,35)42(37,38)39-41(26-14-6-2-7-15-26,27-16-8-3-9-17-27)28-22-20-25(21-23-28)40-30-19-11-10-18-29(30)31(36)24-12-4-1-5-13-24/h1-23H. The highest BCUT2D eigenvalue weighted by molar-refractivity contribution is 8.33. The molecule has 0 N–H and O–H groups in total. The van der Waals surface area contributed by atoms with Crippen molar-refractivity contribution in [2.75, 3.05) is 0 Å². The maximum Gasteiger partial charge on any atom is 0.524 e. The van der Waals surface area contributed by atoms with Gasteiger partial charge in [0, 0.05) is 35.6 Å². The summed E-state index contributed by atoms with van der Waals surface area (Å²) in [6, 6.07) is 38.6. The third kappa shape index (κ3) is 6.03. The number of ketones is 1. The second-order valence-electron chi connectivity index (χ2n) is 8.91. The zero-order valence-corrected chi connectivity index (χ0v) is 24.2. The van der Waals surface area contributed by atoms with E-state index in [1.807, 2.05) is 18.2 Å². The van der Waals surface area contributed by atoms with Crippen LogP contribution in [-0.2, 0) is 13.7 Å². The molecule has 0 aliphatic rings. The van der Waals surface area contributed by atoms with Gasteiger partial charge in [-0.3, -0.25) is 4.79 Å². The summed E-state index contributed by atoms with van der Waals surface area (Å²) in [6.07, 6.45) is 0. The number of rotatable bonds is 9. The highest BCUT2D eigenvalue weighted by Crippen LogP contribution is 2.70. The lowest BCUT2D eigenvalue weighted by Gasteiger charge is -2.39. The first-order valence-corrected chi connectivity index (χ1v) is 16.3. The van der Waals surface area contributed by atoms with Gasteiger partial charge in [-0.15, -0.1) is 0 Å². The monoisotopic (exact) mass is 624 g/mol. The summed E-state index contributed by atoms with van der Waals surface area (Å²) < 4.78 is 71.5.